The highest BCUT2D eigenvalue weighted by Gasteiger charge is 2.18. The number of aliphatic hydroxyl groups excluding tert-OH is 1. The number of nitrogens with one attached hydrogen (secondary N) is 1. The van der Waals surface area contributed by atoms with Gasteiger partial charge >= 0.3 is 0 Å². The molecule has 0 atom stereocenters. The summed E-state index contributed by atoms with van der Waals surface area (Å²) in [5.74, 6) is 0.988. The summed E-state index contributed by atoms with van der Waals surface area (Å²) in [5.41, 5.74) is 0.952. The van der Waals surface area contributed by atoms with Crippen molar-refractivity contribution in [3.8, 4) is 0 Å². The van der Waals surface area contributed by atoms with Gasteiger partial charge in [-0.25, -0.2) is 0 Å². The third-order valence-corrected chi connectivity index (χ3v) is 3.74. The molecule has 96 valence electrons. The van der Waals surface area contributed by atoms with E-state index in [0.29, 0.717) is 6.04 Å². The van der Waals surface area contributed by atoms with Crippen LogP contribution in [0.4, 0.5) is 0 Å². The van der Waals surface area contributed by atoms with E-state index >= 15 is 0 Å². The third kappa shape index (κ3) is 2.57. The van der Waals surface area contributed by atoms with Gasteiger partial charge in [-0.2, -0.15) is 0 Å². The Morgan fingerprint density at radius 2 is 1.94 bits per heavy atom. The van der Waals surface area contributed by atoms with Crippen LogP contribution in [0.1, 0.15) is 31.4 Å². The summed E-state index contributed by atoms with van der Waals surface area (Å²) in [7, 11) is 0. The highest BCUT2D eigenvalue weighted by molar-refractivity contribution is 5.77. The topological polar surface area (TPSA) is 45.4 Å². The predicted octanol–water partition coefficient (Wildman–Crippen LogP) is 2.83. The normalized spacial score (nSPS) is 24.5. The molecule has 0 aliphatic heterocycles. The molecule has 1 aliphatic rings. The van der Waals surface area contributed by atoms with Gasteiger partial charge in [0, 0.05) is 11.4 Å². The van der Waals surface area contributed by atoms with Crippen molar-refractivity contribution in [3.63, 3.8) is 0 Å². The van der Waals surface area contributed by atoms with Gasteiger partial charge in [0.05, 0.1) is 12.6 Å². The van der Waals surface area contributed by atoms with Gasteiger partial charge in [0.15, 0.2) is 0 Å². The van der Waals surface area contributed by atoms with Gasteiger partial charge in [0.2, 0.25) is 0 Å². The SMILES string of the molecule is OC1CCC(NCc2cc3ccccc3o2)CC1. The summed E-state index contributed by atoms with van der Waals surface area (Å²) in [4.78, 5) is 0. The molecule has 1 heterocycles. The van der Waals surface area contributed by atoms with Gasteiger partial charge in [-0.3, -0.25) is 0 Å². The van der Waals surface area contributed by atoms with E-state index in [1.165, 1.54) is 0 Å². The van der Waals surface area contributed by atoms with E-state index in [1.807, 2.05) is 18.2 Å². The number of rotatable bonds is 3. The fourth-order valence-corrected chi connectivity index (χ4v) is 2.65. The molecule has 0 saturated heterocycles. The van der Waals surface area contributed by atoms with Crippen molar-refractivity contribution in [1.29, 1.82) is 0 Å². The number of hydrogen-bond donors (Lipinski definition) is 2. The molecule has 1 saturated carbocycles. The first-order chi connectivity index (χ1) is 8.81. The summed E-state index contributed by atoms with van der Waals surface area (Å²) in [6.45, 7) is 0.773. The number of para-hydroxylation sites is 1. The molecule has 18 heavy (non-hydrogen) atoms. The minimum Gasteiger partial charge on any atom is -0.460 e. The smallest absolute Gasteiger partial charge is 0.134 e. The van der Waals surface area contributed by atoms with Crippen molar-refractivity contribution < 1.29 is 9.52 Å². The standard InChI is InChI=1S/C15H19NO2/c17-13-7-5-12(6-8-13)16-10-14-9-11-3-1-2-4-15(11)18-14/h1-4,9,12-13,16-17H,5-8,10H2. The lowest BCUT2D eigenvalue weighted by molar-refractivity contribution is 0.116. The number of furan rings is 1. The fourth-order valence-electron chi connectivity index (χ4n) is 2.65. The van der Waals surface area contributed by atoms with E-state index in [4.69, 9.17) is 4.42 Å². The van der Waals surface area contributed by atoms with E-state index in [-0.39, 0.29) is 6.10 Å². The second-order valence-corrected chi connectivity index (χ2v) is 5.14. The van der Waals surface area contributed by atoms with E-state index in [0.717, 1.165) is 49.0 Å². The molecule has 1 aliphatic carbocycles. The summed E-state index contributed by atoms with van der Waals surface area (Å²) in [6.07, 6.45) is 3.85. The predicted molar refractivity (Wildman–Crippen MR) is 71.3 cm³/mol. The number of benzene rings is 1. The van der Waals surface area contributed by atoms with Crippen LogP contribution in [0.5, 0.6) is 0 Å². The van der Waals surface area contributed by atoms with Gasteiger partial charge in [0.25, 0.3) is 0 Å². The van der Waals surface area contributed by atoms with Crippen LogP contribution in [-0.2, 0) is 6.54 Å². The molecular formula is C15H19NO2. The molecule has 0 bridgehead atoms. The monoisotopic (exact) mass is 245 g/mol. The van der Waals surface area contributed by atoms with Crippen molar-refractivity contribution >= 4 is 11.0 Å². The van der Waals surface area contributed by atoms with Crippen LogP contribution in [0.15, 0.2) is 34.7 Å². The van der Waals surface area contributed by atoms with Crippen molar-refractivity contribution in [2.24, 2.45) is 0 Å². The Bertz CT molecular complexity index is 479. The Labute approximate surface area is 107 Å². The Kier molecular flexibility index (Phi) is 3.35. The lowest BCUT2D eigenvalue weighted by Crippen LogP contribution is -2.33. The number of fused-ring (bicyclic) bond motifs is 1. The van der Waals surface area contributed by atoms with Gasteiger partial charge in [-0.05, 0) is 37.8 Å². The van der Waals surface area contributed by atoms with E-state index in [1.54, 1.807) is 0 Å². The molecule has 3 nitrogen and oxygen atoms in total. The Hall–Kier alpha value is -1.32. The van der Waals surface area contributed by atoms with Crippen molar-refractivity contribution in [2.45, 2.75) is 44.4 Å². The van der Waals surface area contributed by atoms with Crippen molar-refractivity contribution in [1.82, 2.24) is 5.32 Å². The van der Waals surface area contributed by atoms with Crippen LogP contribution in [0.3, 0.4) is 0 Å². The van der Waals surface area contributed by atoms with Gasteiger partial charge in [-0.1, -0.05) is 18.2 Å². The molecule has 1 aromatic carbocycles. The fraction of sp³-hybridized carbons (Fsp3) is 0.467. The zero-order chi connectivity index (χ0) is 12.4. The molecule has 3 heteroatoms. The molecule has 0 radical (unpaired) electrons. The highest BCUT2D eigenvalue weighted by Crippen LogP contribution is 2.21. The molecule has 2 aromatic rings. The Morgan fingerprint density at radius 3 is 2.72 bits per heavy atom. The van der Waals surface area contributed by atoms with Crippen LogP contribution >= 0.6 is 0 Å². The first kappa shape index (κ1) is 11.8. The van der Waals surface area contributed by atoms with Crippen LogP contribution < -0.4 is 5.32 Å². The maximum atomic E-state index is 9.46. The van der Waals surface area contributed by atoms with Gasteiger partial charge in [-0.15, -0.1) is 0 Å². The van der Waals surface area contributed by atoms with Crippen molar-refractivity contribution in [3.05, 3.63) is 36.1 Å². The molecule has 1 fully saturated rings. The van der Waals surface area contributed by atoms with Crippen LogP contribution in [-0.4, -0.2) is 17.3 Å². The highest BCUT2D eigenvalue weighted by atomic mass is 16.3. The summed E-state index contributed by atoms with van der Waals surface area (Å²) < 4.78 is 5.77. The molecule has 1 aromatic heterocycles. The van der Waals surface area contributed by atoms with Gasteiger partial charge < -0.3 is 14.8 Å². The minimum absolute atomic E-state index is 0.0887. The van der Waals surface area contributed by atoms with Crippen LogP contribution in [0.25, 0.3) is 11.0 Å². The average molecular weight is 245 g/mol. The first-order valence-corrected chi connectivity index (χ1v) is 6.70. The zero-order valence-corrected chi connectivity index (χ0v) is 10.4. The second-order valence-electron chi connectivity index (χ2n) is 5.14. The third-order valence-electron chi connectivity index (χ3n) is 3.74. The molecule has 0 spiro atoms. The first-order valence-electron chi connectivity index (χ1n) is 6.70. The largest absolute Gasteiger partial charge is 0.460 e. The summed E-state index contributed by atoms with van der Waals surface area (Å²) in [6, 6.07) is 10.7. The Balaban J connectivity index is 1.59. The molecule has 3 rings (SSSR count). The lowest BCUT2D eigenvalue weighted by atomic mass is 9.93. The van der Waals surface area contributed by atoms with Gasteiger partial charge in [0.1, 0.15) is 11.3 Å². The zero-order valence-electron chi connectivity index (χ0n) is 10.4. The summed E-state index contributed by atoms with van der Waals surface area (Å²) >= 11 is 0. The second kappa shape index (κ2) is 5.12. The average Bonchev–Trinajstić information content (AvgIpc) is 2.81. The van der Waals surface area contributed by atoms with E-state index < -0.39 is 0 Å². The van der Waals surface area contributed by atoms with E-state index in [2.05, 4.69) is 17.4 Å². The van der Waals surface area contributed by atoms with Crippen LogP contribution in [0, 0.1) is 0 Å². The maximum Gasteiger partial charge on any atom is 0.134 e. The number of hydrogen-bond acceptors (Lipinski definition) is 3. The summed E-state index contributed by atoms with van der Waals surface area (Å²) in [5, 5.41) is 14.1. The number of aliphatic hydroxyl groups is 1. The minimum atomic E-state index is -0.0887. The quantitative estimate of drug-likeness (QED) is 0.874. The van der Waals surface area contributed by atoms with Crippen molar-refractivity contribution in [2.75, 3.05) is 0 Å². The molecule has 2 N–H and O–H groups in total. The molecule has 0 unspecified atom stereocenters. The lowest BCUT2D eigenvalue weighted by Gasteiger charge is -2.25. The van der Waals surface area contributed by atoms with E-state index in [9.17, 15) is 5.11 Å². The molecule has 0 amide bonds. The van der Waals surface area contributed by atoms with Crippen LogP contribution in [0.2, 0.25) is 0 Å². The molecular weight excluding hydrogens is 226 g/mol. The Morgan fingerprint density at radius 1 is 1.17 bits per heavy atom. The maximum absolute atomic E-state index is 9.46.